The molecule has 4 aromatic heterocycles. The number of carbonyl (C=O) groups is 1. The van der Waals surface area contributed by atoms with Crippen molar-refractivity contribution in [2.75, 3.05) is 20.3 Å². The van der Waals surface area contributed by atoms with Gasteiger partial charge < -0.3 is 14.5 Å². The number of Topliss-reactive ketones (excluding diaryl/α,β-unsaturated/α-hetero) is 1. The first-order valence-corrected chi connectivity index (χ1v) is 16.7. The fourth-order valence-corrected chi connectivity index (χ4v) is 4.70. The lowest BCUT2D eigenvalue weighted by Crippen LogP contribution is -2.10. The molecule has 0 aliphatic heterocycles. The Kier molecular flexibility index (Phi) is 15.8. The van der Waals surface area contributed by atoms with Crippen molar-refractivity contribution in [1.82, 2.24) is 19.9 Å². The number of rotatable bonds is 15. The van der Waals surface area contributed by atoms with Gasteiger partial charge >= 0.3 is 0 Å². The largest absolute Gasteiger partial charge is 0.399 e. The van der Waals surface area contributed by atoms with Gasteiger partial charge in [-0.1, -0.05) is 53.6 Å². The summed E-state index contributed by atoms with van der Waals surface area (Å²) in [4.78, 5) is 45.0. The van der Waals surface area contributed by atoms with Crippen LogP contribution in [-0.4, -0.2) is 63.2 Å². The van der Waals surface area contributed by atoms with E-state index in [1.54, 1.807) is 6.07 Å². The number of pyridine rings is 4. The van der Waals surface area contributed by atoms with Gasteiger partial charge in [-0.05, 0) is 108 Å². The highest BCUT2D eigenvalue weighted by atomic mass is 16.6. The van der Waals surface area contributed by atoms with Gasteiger partial charge in [0.2, 0.25) is 0 Å². The van der Waals surface area contributed by atoms with E-state index in [-0.39, 0.29) is 17.6 Å². The zero-order chi connectivity index (χ0) is 36.5. The number of nitrogens with zero attached hydrogens (tertiary/aromatic N) is 7. The van der Waals surface area contributed by atoms with Crippen LogP contribution < -0.4 is 0 Å². The van der Waals surface area contributed by atoms with E-state index in [1.165, 1.54) is 14.0 Å². The number of hydrogen-bond acceptors (Lipinski definition) is 11. The molecule has 2 unspecified atom stereocenters. The maximum Gasteiger partial charge on any atom is 0.178 e. The molecule has 0 aliphatic rings. The Labute approximate surface area is 295 Å². The summed E-state index contributed by atoms with van der Waals surface area (Å²) in [5.41, 5.74) is 9.04. The Morgan fingerprint density at radius 3 is 1.38 bits per heavy atom. The summed E-state index contributed by atoms with van der Waals surface area (Å²) in [6, 6.07) is 23.1. The van der Waals surface area contributed by atoms with Crippen LogP contribution in [0.1, 0.15) is 91.9 Å². The van der Waals surface area contributed by atoms with Crippen LogP contribution in [0.15, 0.2) is 88.3 Å². The van der Waals surface area contributed by atoms with E-state index < -0.39 is 0 Å². The Bertz CT molecular complexity index is 1790. The third-order valence-electron chi connectivity index (χ3n) is 7.33. The van der Waals surface area contributed by atoms with Gasteiger partial charge in [-0.2, -0.15) is 0 Å². The lowest BCUT2D eigenvalue weighted by atomic mass is 10.1. The van der Waals surface area contributed by atoms with Gasteiger partial charge in [0.15, 0.2) is 5.78 Å². The van der Waals surface area contributed by atoms with Crippen LogP contribution in [0.25, 0.3) is 0 Å². The van der Waals surface area contributed by atoms with Crippen LogP contribution in [0.2, 0.25) is 0 Å². The molecule has 2 atom stereocenters. The number of ketones is 1. The van der Waals surface area contributed by atoms with Crippen molar-refractivity contribution >= 4 is 22.9 Å². The molecule has 4 aromatic rings. The highest BCUT2D eigenvalue weighted by Gasteiger charge is 2.10. The second-order valence-corrected chi connectivity index (χ2v) is 12.3. The highest BCUT2D eigenvalue weighted by Crippen LogP contribution is 2.11. The third kappa shape index (κ3) is 13.7. The van der Waals surface area contributed by atoms with Crippen LogP contribution >= 0.6 is 0 Å². The average Bonchev–Trinajstić information content (AvgIpc) is 3.08. The molecule has 0 fully saturated rings. The molecule has 0 bridgehead atoms. The van der Waals surface area contributed by atoms with Crippen LogP contribution in [0.5, 0.6) is 0 Å². The van der Waals surface area contributed by atoms with E-state index in [0.29, 0.717) is 18.9 Å². The monoisotopic (exact) mass is 679 g/mol. The molecule has 0 amide bonds. The summed E-state index contributed by atoms with van der Waals surface area (Å²) in [7, 11) is 1.53. The summed E-state index contributed by atoms with van der Waals surface area (Å²) in [5.74, 6) is 0.493. The van der Waals surface area contributed by atoms with Crippen molar-refractivity contribution in [3.63, 3.8) is 0 Å². The van der Waals surface area contributed by atoms with Crippen molar-refractivity contribution in [2.24, 2.45) is 27.3 Å². The number of hydrogen-bond donors (Lipinski definition) is 0. The Hall–Kier alpha value is -5.32. The van der Waals surface area contributed by atoms with Crippen LogP contribution in [0.3, 0.4) is 0 Å². The SMILES string of the molecule is CC(=O)c1cccc(CC(C)CO/N=C(\C)c2cccc(C)n2)n1.CO/N=C(\C)c1cccc(CC(C)CO/N=C(\C)c2cccc(C)n2)n1. The van der Waals surface area contributed by atoms with Gasteiger partial charge in [-0.15, -0.1) is 0 Å². The second kappa shape index (κ2) is 20.3. The van der Waals surface area contributed by atoms with E-state index in [9.17, 15) is 4.79 Å². The van der Waals surface area contributed by atoms with Gasteiger partial charge in [0, 0.05) is 29.7 Å². The van der Waals surface area contributed by atoms with Crippen LogP contribution in [-0.2, 0) is 27.4 Å². The predicted molar refractivity (Wildman–Crippen MR) is 198 cm³/mol. The molecule has 0 aliphatic carbocycles. The van der Waals surface area contributed by atoms with Crippen molar-refractivity contribution in [1.29, 1.82) is 0 Å². The minimum Gasteiger partial charge on any atom is -0.399 e. The maximum absolute atomic E-state index is 11.4. The number of oxime groups is 3. The average molecular weight is 680 g/mol. The fourth-order valence-electron chi connectivity index (χ4n) is 4.70. The van der Waals surface area contributed by atoms with Gasteiger partial charge in [-0.25, -0.2) is 4.98 Å². The van der Waals surface area contributed by atoms with Gasteiger partial charge in [0.05, 0.1) is 17.1 Å². The van der Waals surface area contributed by atoms with Crippen molar-refractivity contribution in [3.8, 4) is 0 Å². The number of aryl methyl sites for hydroxylation is 2. The zero-order valence-corrected chi connectivity index (χ0v) is 30.7. The minimum atomic E-state index is -0.0216. The van der Waals surface area contributed by atoms with Crippen LogP contribution in [0, 0.1) is 25.7 Å². The van der Waals surface area contributed by atoms with Gasteiger partial charge in [0.25, 0.3) is 0 Å². The van der Waals surface area contributed by atoms with E-state index >= 15 is 0 Å². The van der Waals surface area contributed by atoms with Crippen molar-refractivity contribution in [3.05, 3.63) is 118 Å². The molecule has 0 radical (unpaired) electrons. The molecule has 11 heteroatoms. The molecular formula is C39H49N7O4. The smallest absolute Gasteiger partial charge is 0.178 e. The summed E-state index contributed by atoms with van der Waals surface area (Å²) in [5, 5.41) is 12.3. The summed E-state index contributed by atoms with van der Waals surface area (Å²) >= 11 is 0. The highest BCUT2D eigenvalue weighted by molar-refractivity contribution is 5.97. The first-order chi connectivity index (χ1) is 23.9. The summed E-state index contributed by atoms with van der Waals surface area (Å²) in [6.07, 6.45) is 1.53. The Morgan fingerprint density at radius 1 is 0.580 bits per heavy atom. The fraction of sp³-hybridized carbons (Fsp3) is 0.385. The standard InChI is InChI=1S/C20H26N4O2.C19H23N3O2/c1-14(12-18-9-7-11-20(22-18)16(3)23-25-5)13-26-24-17(4)19-10-6-8-15(2)21-19;1-13(11-17-8-6-10-19(21-17)16(4)23)12-24-22-15(3)18-9-5-7-14(2)20-18/h6-11,14H,12-13H2,1-5H3;5-10,13H,11-12H2,1-4H3/b23-16+,24-17+;22-15+. The molecular weight excluding hydrogens is 630 g/mol. The van der Waals surface area contributed by atoms with Crippen molar-refractivity contribution < 1.29 is 19.3 Å². The number of aromatic nitrogens is 4. The van der Waals surface area contributed by atoms with Gasteiger partial charge in [-0.3, -0.25) is 19.7 Å². The first-order valence-electron chi connectivity index (χ1n) is 16.7. The summed E-state index contributed by atoms with van der Waals surface area (Å²) in [6.45, 7) is 16.3. The van der Waals surface area contributed by atoms with Crippen LogP contribution in [0.4, 0.5) is 0 Å². The molecule has 11 nitrogen and oxygen atoms in total. The molecule has 50 heavy (non-hydrogen) atoms. The topological polar surface area (TPSA) is 133 Å². The quantitative estimate of drug-likeness (QED) is 0.0722. The molecule has 0 aromatic carbocycles. The zero-order valence-electron chi connectivity index (χ0n) is 30.7. The van der Waals surface area contributed by atoms with Gasteiger partial charge in [0.1, 0.15) is 43.2 Å². The Balaban J connectivity index is 0.000000271. The molecule has 0 saturated heterocycles. The Morgan fingerprint density at radius 2 is 0.960 bits per heavy atom. The minimum absolute atomic E-state index is 0.0216. The second-order valence-electron chi connectivity index (χ2n) is 12.3. The molecule has 264 valence electrons. The molecule has 4 heterocycles. The lowest BCUT2D eigenvalue weighted by molar-refractivity contribution is 0.101. The molecule has 0 spiro atoms. The lowest BCUT2D eigenvalue weighted by Gasteiger charge is -2.11. The molecule has 0 saturated carbocycles. The molecule has 4 rings (SSSR count). The van der Waals surface area contributed by atoms with E-state index in [2.05, 4.69) is 49.3 Å². The third-order valence-corrected chi connectivity index (χ3v) is 7.33. The maximum atomic E-state index is 11.4. The summed E-state index contributed by atoms with van der Waals surface area (Å²) < 4.78 is 0. The van der Waals surface area contributed by atoms with E-state index in [4.69, 9.17) is 14.5 Å². The predicted octanol–water partition coefficient (Wildman–Crippen LogP) is 7.38. The normalized spacial score (nSPS) is 13.1. The first kappa shape index (κ1) is 39.1. The van der Waals surface area contributed by atoms with E-state index in [1.807, 2.05) is 101 Å². The van der Waals surface area contributed by atoms with Crippen molar-refractivity contribution in [2.45, 2.75) is 68.2 Å². The molecule has 0 N–H and O–H groups in total. The number of carbonyl (C=O) groups excluding carboxylic acids is 1. The van der Waals surface area contributed by atoms with E-state index in [0.717, 1.165) is 69.8 Å².